The lowest BCUT2D eigenvalue weighted by atomic mass is 10.2. The molecule has 3 rings (SSSR count). The van der Waals surface area contributed by atoms with Crippen molar-refractivity contribution in [3.63, 3.8) is 0 Å². The van der Waals surface area contributed by atoms with E-state index in [1.54, 1.807) is 0 Å². The van der Waals surface area contributed by atoms with Crippen molar-refractivity contribution in [2.75, 3.05) is 26.4 Å². The Morgan fingerprint density at radius 1 is 1.17 bits per heavy atom. The van der Waals surface area contributed by atoms with Gasteiger partial charge in [0.2, 0.25) is 0 Å². The summed E-state index contributed by atoms with van der Waals surface area (Å²) in [5.74, 6) is 2.29. The normalized spacial score (nSPS) is 13.0. The molecule has 0 radical (unpaired) electrons. The highest BCUT2D eigenvalue weighted by atomic mass is 35.5. The molecule has 2 aromatic carbocycles. The van der Waals surface area contributed by atoms with Gasteiger partial charge in [0.25, 0.3) is 0 Å². The molecule has 0 aliphatic carbocycles. The predicted octanol–water partition coefficient (Wildman–Crippen LogP) is 3.59. The van der Waals surface area contributed by atoms with Crippen LogP contribution in [-0.4, -0.2) is 26.4 Å². The van der Waals surface area contributed by atoms with Crippen molar-refractivity contribution in [1.29, 1.82) is 0 Å². The number of aryl methyl sites for hydroxylation is 1. The van der Waals surface area contributed by atoms with Crippen LogP contribution in [0.3, 0.4) is 0 Å². The highest BCUT2D eigenvalue weighted by Gasteiger charge is 2.16. The summed E-state index contributed by atoms with van der Waals surface area (Å²) in [5.41, 5.74) is 2.21. The third kappa shape index (κ3) is 4.09. The maximum atomic E-state index is 6.23. The zero-order valence-corrected chi connectivity index (χ0v) is 13.9. The first kappa shape index (κ1) is 16.0. The number of hydrogen-bond donors (Lipinski definition) is 1. The van der Waals surface area contributed by atoms with E-state index in [-0.39, 0.29) is 0 Å². The number of fused-ring (bicyclic) bond motifs is 1. The lowest BCUT2D eigenvalue weighted by Crippen LogP contribution is -2.21. The van der Waals surface area contributed by atoms with E-state index in [9.17, 15) is 0 Å². The molecule has 0 fully saturated rings. The second kappa shape index (κ2) is 7.57. The summed E-state index contributed by atoms with van der Waals surface area (Å²) in [5, 5.41) is 3.94. The Balaban J connectivity index is 1.48. The molecule has 4 nitrogen and oxygen atoms in total. The van der Waals surface area contributed by atoms with Crippen molar-refractivity contribution in [2.24, 2.45) is 0 Å². The average Bonchev–Trinajstić information content (AvgIpc) is 2.56. The standard InChI is InChI=1S/C18H20ClNO3/c1-13-4-2-3-5-16(13)21-7-6-20-12-14-10-15(19)18-17(11-14)22-8-9-23-18/h2-5,10-11,20H,6-9,12H2,1H3. The average molecular weight is 334 g/mol. The zero-order chi connectivity index (χ0) is 16.1. The molecule has 122 valence electrons. The smallest absolute Gasteiger partial charge is 0.179 e. The lowest BCUT2D eigenvalue weighted by Gasteiger charge is -2.20. The quantitative estimate of drug-likeness (QED) is 0.820. The Bertz CT molecular complexity index is 675. The van der Waals surface area contributed by atoms with E-state index in [4.69, 9.17) is 25.8 Å². The van der Waals surface area contributed by atoms with E-state index in [1.165, 1.54) is 0 Å². The van der Waals surface area contributed by atoms with E-state index >= 15 is 0 Å². The molecule has 1 aliphatic heterocycles. The number of hydrogen-bond acceptors (Lipinski definition) is 4. The lowest BCUT2D eigenvalue weighted by molar-refractivity contribution is 0.171. The van der Waals surface area contributed by atoms with E-state index in [1.807, 2.05) is 43.3 Å². The van der Waals surface area contributed by atoms with Crippen molar-refractivity contribution in [3.8, 4) is 17.2 Å². The van der Waals surface area contributed by atoms with Crippen LogP contribution >= 0.6 is 11.6 Å². The molecular formula is C18H20ClNO3. The number of para-hydroxylation sites is 1. The first-order valence-corrected chi connectivity index (χ1v) is 8.09. The molecule has 0 aromatic heterocycles. The van der Waals surface area contributed by atoms with Gasteiger partial charge in [-0.2, -0.15) is 0 Å². The highest BCUT2D eigenvalue weighted by molar-refractivity contribution is 6.32. The fourth-order valence-corrected chi connectivity index (χ4v) is 2.74. The summed E-state index contributed by atoms with van der Waals surface area (Å²) in [6.45, 7) is 5.21. The first-order valence-electron chi connectivity index (χ1n) is 7.71. The van der Waals surface area contributed by atoms with Crippen LogP contribution in [0.15, 0.2) is 36.4 Å². The van der Waals surface area contributed by atoms with Crippen LogP contribution in [0.4, 0.5) is 0 Å². The Kier molecular flexibility index (Phi) is 5.26. The van der Waals surface area contributed by atoms with Crippen LogP contribution in [0.25, 0.3) is 0 Å². The van der Waals surface area contributed by atoms with Gasteiger partial charge in [0.1, 0.15) is 25.6 Å². The van der Waals surface area contributed by atoms with Crippen molar-refractivity contribution in [2.45, 2.75) is 13.5 Å². The summed E-state index contributed by atoms with van der Waals surface area (Å²) < 4.78 is 16.9. The SMILES string of the molecule is Cc1ccccc1OCCNCc1cc(Cl)c2c(c1)OCCO2. The molecule has 0 amide bonds. The van der Waals surface area contributed by atoms with Crippen LogP contribution < -0.4 is 19.5 Å². The largest absolute Gasteiger partial charge is 0.492 e. The molecule has 0 bridgehead atoms. The minimum Gasteiger partial charge on any atom is -0.492 e. The van der Waals surface area contributed by atoms with Gasteiger partial charge in [-0.05, 0) is 36.2 Å². The van der Waals surface area contributed by atoms with Crippen molar-refractivity contribution in [3.05, 3.63) is 52.5 Å². The second-order valence-corrected chi connectivity index (χ2v) is 5.80. The van der Waals surface area contributed by atoms with E-state index in [0.29, 0.717) is 37.1 Å². The van der Waals surface area contributed by atoms with Gasteiger partial charge in [0.05, 0.1) is 5.02 Å². The summed E-state index contributed by atoms with van der Waals surface area (Å²) >= 11 is 6.23. The highest BCUT2D eigenvalue weighted by Crippen LogP contribution is 2.38. The fraction of sp³-hybridized carbons (Fsp3) is 0.333. The molecule has 0 saturated heterocycles. The van der Waals surface area contributed by atoms with Gasteiger partial charge in [0, 0.05) is 13.1 Å². The molecule has 0 atom stereocenters. The van der Waals surface area contributed by atoms with Gasteiger partial charge in [-0.15, -0.1) is 0 Å². The second-order valence-electron chi connectivity index (χ2n) is 5.39. The molecule has 1 N–H and O–H groups in total. The van der Waals surface area contributed by atoms with Gasteiger partial charge in [-0.3, -0.25) is 0 Å². The van der Waals surface area contributed by atoms with Crippen molar-refractivity contribution >= 4 is 11.6 Å². The maximum Gasteiger partial charge on any atom is 0.179 e. The molecule has 1 heterocycles. The summed E-state index contributed by atoms with van der Waals surface area (Å²) in [6, 6.07) is 11.9. The fourth-order valence-electron chi connectivity index (χ4n) is 2.45. The van der Waals surface area contributed by atoms with Crippen LogP contribution in [0, 0.1) is 6.92 Å². The molecule has 0 spiro atoms. The summed E-state index contributed by atoms with van der Waals surface area (Å²) in [4.78, 5) is 0. The molecule has 1 aliphatic rings. The van der Waals surface area contributed by atoms with Gasteiger partial charge in [0.15, 0.2) is 11.5 Å². The first-order chi connectivity index (χ1) is 11.2. The molecule has 0 unspecified atom stereocenters. The van der Waals surface area contributed by atoms with Gasteiger partial charge >= 0.3 is 0 Å². The topological polar surface area (TPSA) is 39.7 Å². The van der Waals surface area contributed by atoms with Crippen molar-refractivity contribution < 1.29 is 14.2 Å². The number of ether oxygens (including phenoxy) is 3. The number of rotatable bonds is 6. The third-order valence-corrected chi connectivity index (χ3v) is 3.90. The van der Waals surface area contributed by atoms with E-state index in [0.717, 1.165) is 29.2 Å². The number of halogens is 1. The Morgan fingerprint density at radius 3 is 2.87 bits per heavy atom. The Morgan fingerprint density at radius 2 is 2.00 bits per heavy atom. The van der Waals surface area contributed by atoms with E-state index in [2.05, 4.69) is 5.32 Å². The molecular weight excluding hydrogens is 314 g/mol. The van der Waals surface area contributed by atoms with Crippen LogP contribution in [0.5, 0.6) is 17.2 Å². The zero-order valence-electron chi connectivity index (χ0n) is 13.1. The minimum atomic E-state index is 0.542. The molecule has 5 heteroatoms. The van der Waals surface area contributed by atoms with Crippen LogP contribution in [0.2, 0.25) is 5.02 Å². The van der Waals surface area contributed by atoms with E-state index < -0.39 is 0 Å². The van der Waals surface area contributed by atoms with Crippen molar-refractivity contribution in [1.82, 2.24) is 5.32 Å². The maximum absolute atomic E-state index is 6.23. The van der Waals surface area contributed by atoms with Gasteiger partial charge in [-0.1, -0.05) is 29.8 Å². The minimum absolute atomic E-state index is 0.542. The number of nitrogens with one attached hydrogen (secondary N) is 1. The van der Waals surface area contributed by atoms with Crippen LogP contribution in [-0.2, 0) is 6.54 Å². The monoisotopic (exact) mass is 333 g/mol. The van der Waals surface area contributed by atoms with Gasteiger partial charge in [-0.25, -0.2) is 0 Å². The molecule has 2 aromatic rings. The predicted molar refractivity (Wildman–Crippen MR) is 90.8 cm³/mol. The summed E-state index contributed by atoms with van der Waals surface area (Å²) in [6.07, 6.45) is 0. The van der Waals surface area contributed by atoms with Crippen LogP contribution in [0.1, 0.15) is 11.1 Å². The number of benzene rings is 2. The Labute approximate surface area is 141 Å². The summed E-state index contributed by atoms with van der Waals surface area (Å²) in [7, 11) is 0. The van der Waals surface area contributed by atoms with Gasteiger partial charge < -0.3 is 19.5 Å². The molecule has 23 heavy (non-hydrogen) atoms. The third-order valence-electron chi connectivity index (χ3n) is 3.62. The Hall–Kier alpha value is -1.91. The molecule has 0 saturated carbocycles.